The lowest BCUT2D eigenvalue weighted by atomic mass is 9.75. The van der Waals surface area contributed by atoms with Crippen LogP contribution in [0.4, 0.5) is 0 Å². The zero-order valence-electron chi connectivity index (χ0n) is 12.6. The van der Waals surface area contributed by atoms with Gasteiger partial charge < -0.3 is 4.74 Å². The number of methoxy groups -OCH3 is 1. The van der Waals surface area contributed by atoms with Crippen LogP contribution in [-0.4, -0.2) is 12.8 Å². The van der Waals surface area contributed by atoms with Crippen molar-refractivity contribution in [3.05, 3.63) is 24.1 Å². The molecule has 0 radical (unpaired) electrons. The highest BCUT2D eigenvalue weighted by atomic mass is 16.5. The van der Waals surface area contributed by atoms with Gasteiger partial charge in [0.1, 0.15) is 5.76 Å². The van der Waals surface area contributed by atoms with Crippen LogP contribution >= 0.6 is 0 Å². The van der Waals surface area contributed by atoms with E-state index in [0.29, 0.717) is 11.8 Å². The zero-order valence-corrected chi connectivity index (χ0v) is 12.6. The van der Waals surface area contributed by atoms with Gasteiger partial charge in [-0.1, -0.05) is 26.3 Å². The van der Waals surface area contributed by atoms with Crippen molar-refractivity contribution >= 4 is 5.71 Å². The van der Waals surface area contributed by atoms with Gasteiger partial charge in [0, 0.05) is 5.71 Å². The van der Waals surface area contributed by atoms with E-state index in [-0.39, 0.29) is 0 Å². The van der Waals surface area contributed by atoms with E-state index in [9.17, 15) is 0 Å². The Kier molecular flexibility index (Phi) is 5.24. The fraction of sp³-hybridized carbons (Fsp3) is 0.706. The number of hydrogen-bond acceptors (Lipinski definition) is 2. The van der Waals surface area contributed by atoms with E-state index in [4.69, 9.17) is 9.73 Å². The van der Waals surface area contributed by atoms with Crippen LogP contribution in [0, 0.1) is 17.8 Å². The van der Waals surface area contributed by atoms with Crippen molar-refractivity contribution in [3.63, 3.8) is 0 Å². The van der Waals surface area contributed by atoms with Gasteiger partial charge in [0.2, 0.25) is 0 Å². The van der Waals surface area contributed by atoms with Gasteiger partial charge in [-0.25, -0.2) is 0 Å². The van der Waals surface area contributed by atoms with Crippen LogP contribution in [0.5, 0.6) is 0 Å². The van der Waals surface area contributed by atoms with Gasteiger partial charge in [0.15, 0.2) is 0 Å². The van der Waals surface area contributed by atoms with Gasteiger partial charge in [-0.05, 0) is 55.9 Å². The van der Waals surface area contributed by atoms with Crippen LogP contribution < -0.4 is 0 Å². The van der Waals surface area contributed by atoms with Gasteiger partial charge in [-0.3, -0.25) is 4.99 Å². The largest absolute Gasteiger partial charge is 0.495 e. The van der Waals surface area contributed by atoms with Gasteiger partial charge in [0.05, 0.1) is 13.3 Å². The SMILES string of the molecule is CCC1CCC(C2=NC=C(OC)C=CCC2C)CC1. The maximum absolute atomic E-state index is 5.30. The van der Waals surface area contributed by atoms with Crippen molar-refractivity contribution in [1.29, 1.82) is 0 Å². The molecule has 1 fully saturated rings. The summed E-state index contributed by atoms with van der Waals surface area (Å²) in [6.45, 7) is 4.63. The highest BCUT2D eigenvalue weighted by Crippen LogP contribution is 2.34. The summed E-state index contributed by atoms with van der Waals surface area (Å²) < 4.78 is 5.30. The van der Waals surface area contributed by atoms with Crippen LogP contribution in [0.15, 0.2) is 29.1 Å². The van der Waals surface area contributed by atoms with Gasteiger partial charge in [-0.15, -0.1) is 0 Å². The lowest BCUT2D eigenvalue weighted by Gasteiger charge is -2.31. The summed E-state index contributed by atoms with van der Waals surface area (Å²) in [5.41, 5.74) is 1.40. The molecule has 0 N–H and O–H groups in total. The molecular weight excluding hydrogens is 234 g/mol. The Bertz CT molecular complexity index is 373. The average molecular weight is 261 g/mol. The van der Waals surface area contributed by atoms with Crippen molar-refractivity contribution in [2.75, 3.05) is 7.11 Å². The molecular formula is C17H27NO. The fourth-order valence-electron chi connectivity index (χ4n) is 3.31. The minimum atomic E-state index is 0.564. The molecule has 0 amide bonds. The van der Waals surface area contributed by atoms with E-state index in [1.54, 1.807) is 7.11 Å². The van der Waals surface area contributed by atoms with E-state index in [1.807, 2.05) is 12.3 Å². The second kappa shape index (κ2) is 6.93. The highest BCUT2D eigenvalue weighted by molar-refractivity contribution is 5.89. The molecule has 0 aromatic heterocycles. The molecule has 1 atom stereocenters. The summed E-state index contributed by atoms with van der Waals surface area (Å²) in [5.74, 6) is 3.07. The molecule has 106 valence electrons. The molecule has 0 saturated heterocycles. The molecule has 19 heavy (non-hydrogen) atoms. The molecule has 1 saturated carbocycles. The van der Waals surface area contributed by atoms with Crippen LogP contribution in [-0.2, 0) is 4.74 Å². The van der Waals surface area contributed by atoms with Crippen LogP contribution in [0.3, 0.4) is 0 Å². The maximum Gasteiger partial charge on any atom is 0.136 e. The van der Waals surface area contributed by atoms with Crippen LogP contribution in [0.1, 0.15) is 52.4 Å². The second-order valence-corrected chi connectivity index (χ2v) is 5.95. The van der Waals surface area contributed by atoms with E-state index in [1.165, 1.54) is 37.8 Å². The third-order valence-corrected chi connectivity index (χ3v) is 4.70. The van der Waals surface area contributed by atoms with Gasteiger partial charge >= 0.3 is 0 Å². The lowest BCUT2D eigenvalue weighted by Crippen LogP contribution is -2.26. The average Bonchev–Trinajstić information content (AvgIpc) is 2.43. The molecule has 0 spiro atoms. The summed E-state index contributed by atoms with van der Waals surface area (Å²) >= 11 is 0. The Balaban J connectivity index is 2.09. The maximum atomic E-state index is 5.30. The van der Waals surface area contributed by atoms with Gasteiger partial charge in [0.25, 0.3) is 0 Å². The van der Waals surface area contributed by atoms with E-state index in [2.05, 4.69) is 19.9 Å². The monoisotopic (exact) mass is 261 g/mol. The van der Waals surface area contributed by atoms with Crippen LogP contribution in [0.25, 0.3) is 0 Å². The first-order chi connectivity index (χ1) is 9.24. The number of nitrogens with zero attached hydrogens (tertiary/aromatic N) is 1. The van der Waals surface area contributed by atoms with Crippen molar-refractivity contribution < 1.29 is 4.74 Å². The standard InChI is InChI=1S/C17H27NO/c1-4-14-8-10-15(11-9-14)17-13(2)6-5-7-16(19-3)12-18-17/h5,7,12-15H,4,6,8-11H2,1-3H3. The summed E-state index contributed by atoms with van der Waals surface area (Å²) in [6, 6.07) is 0. The Morgan fingerprint density at radius 2 is 2.00 bits per heavy atom. The summed E-state index contributed by atoms with van der Waals surface area (Å²) in [5, 5.41) is 0. The molecule has 1 heterocycles. The first-order valence-corrected chi connectivity index (χ1v) is 7.72. The number of allylic oxidation sites excluding steroid dienone is 2. The van der Waals surface area contributed by atoms with Gasteiger partial charge in [-0.2, -0.15) is 0 Å². The number of aliphatic imine (C=N–C) groups is 1. The third kappa shape index (κ3) is 3.71. The smallest absolute Gasteiger partial charge is 0.136 e. The molecule has 1 aliphatic carbocycles. The fourth-order valence-corrected chi connectivity index (χ4v) is 3.31. The summed E-state index contributed by atoms with van der Waals surface area (Å²) in [6.07, 6.45) is 14.0. The number of hydrogen-bond donors (Lipinski definition) is 0. The van der Waals surface area contributed by atoms with Crippen molar-refractivity contribution in [1.82, 2.24) is 0 Å². The first-order valence-electron chi connectivity index (χ1n) is 7.72. The van der Waals surface area contributed by atoms with E-state index in [0.717, 1.165) is 18.1 Å². The Morgan fingerprint density at radius 1 is 1.26 bits per heavy atom. The topological polar surface area (TPSA) is 21.6 Å². The van der Waals surface area contributed by atoms with E-state index >= 15 is 0 Å². The Morgan fingerprint density at radius 3 is 2.63 bits per heavy atom. The zero-order chi connectivity index (χ0) is 13.7. The second-order valence-electron chi connectivity index (χ2n) is 5.95. The van der Waals surface area contributed by atoms with E-state index < -0.39 is 0 Å². The first kappa shape index (κ1) is 14.4. The Labute approximate surface area is 117 Å². The van der Waals surface area contributed by atoms with Crippen molar-refractivity contribution in [2.45, 2.75) is 52.4 Å². The molecule has 2 heteroatoms. The summed E-state index contributed by atoms with van der Waals surface area (Å²) in [4.78, 5) is 4.77. The molecule has 1 aliphatic heterocycles. The minimum Gasteiger partial charge on any atom is -0.495 e. The molecule has 0 bridgehead atoms. The van der Waals surface area contributed by atoms with Crippen LogP contribution in [0.2, 0.25) is 0 Å². The van der Waals surface area contributed by atoms with Crippen molar-refractivity contribution in [3.8, 4) is 0 Å². The number of rotatable bonds is 3. The molecule has 0 aromatic carbocycles. The quantitative estimate of drug-likeness (QED) is 0.720. The third-order valence-electron chi connectivity index (χ3n) is 4.70. The summed E-state index contributed by atoms with van der Waals surface area (Å²) in [7, 11) is 1.71. The minimum absolute atomic E-state index is 0.564. The lowest BCUT2D eigenvalue weighted by molar-refractivity contribution is 0.303. The molecule has 1 unspecified atom stereocenters. The van der Waals surface area contributed by atoms with Crippen molar-refractivity contribution in [2.24, 2.45) is 22.7 Å². The normalized spacial score (nSPS) is 32.1. The Hall–Kier alpha value is -1.05. The molecule has 0 aromatic rings. The molecule has 2 aliphatic rings. The predicted molar refractivity (Wildman–Crippen MR) is 81.2 cm³/mol. The molecule has 2 rings (SSSR count). The number of ether oxygens (including phenoxy) is 1. The highest BCUT2D eigenvalue weighted by Gasteiger charge is 2.26. The predicted octanol–water partition coefficient (Wildman–Crippen LogP) is 4.73. The molecule has 2 nitrogen and oxygen atoms in total.